The highest BCUT2D eigenvalue weighted by Crippen LogP contribution is 2.24. The molecule has 1 unspecified atom stereocenters. The summed E-state index contributed by atoms with van der Waals surface area (Å²) in [6, 6.07) is 3.58. The van der Waals surface area contributed by atoms with Gasteiger partial charge in [0, 0.05) is 24.4 Å². The molecule has 7 heteroatoms. The molecule has 4 nitrogen and oxygen atoms in total. The van der Waals surface area contributed by atoms with Gasteiger partial charge in [-0.25, -0.2) is 8.78 Å². The summed E-state index contributed by atoms with van der Waals surface area (Å²) in [6.45, 7) is 1.24. The van der Waals surface area contributed by atoms with Crippen molar-refractivity contribution in [2.24, 2.45) is 5.92 Å². The van der Waals surface area contributed by atoms with E-state index in [4.69, 9.17) is 5.11 Å². The lowest BCUT2D eigenvalue weighted by Crippen LogP contribution is -2.41. The number of hydrogen-bond acceptors (Lipinski definition) is 3. The molecule has 1 heterocycles. The fraction of sp³-hybridized carbons (Fsp3) is 0.500. The van der Waals surface area contributed by atoms with E-state index < -0.39 is 17.6 Å². The van der Waals surface area contributed by atoms with Crippen molar-refractivity contribution in [3.05, 3.63) is 29.8 Å². The van der Waals surface area contributed by atoms with Crippen molar-refractivity contribution in [2.75, 3.05) is 18.8 Å². The maximum absolute atomic E-state index is 13.1. The second kappa shape index (κ2) is 8.29. The molecular weight excluding hydrogens is 324 g/mol. The van der Waals surface area contributed by atoms with Crippen LogP contribution in [-0.4, -0.2) is 40.7 Å². The van der Waals surface area contributed by atoms with E-state index in [-0.39, 0.29) is 24.0 Å². The Balaban J connectivity index is 1.82. The molecule has 1 aliphatic heterocycles. The van der Waals surface area contributed by atoms with Crippen LogP contribution >= 0.6 is 11.8 Å². The predicted octanol–water partition coefficient (Wildman–Crippen LogP) is 3.16. The Morgan fingerprint density at radius 3 is 2.78 bits per heavy atom. The number of halogens is 2. The first kappa shape index (κ1) is 17.7. The molecule has 0 aromatic heterocycles. The van der Waals surface area contributed by atoms with E-state index >= 15 is 0 Å². The van der Waals surface area contributed by atoms with Crippen LogP contribution in [0.1, 0.15) is 25.7 Å². The van der Waals surface area contributed by atoms with E-state index in [0.717, 1.165) is 25.0 Å². The summed E-state index contributed by atoms with van der Waals surface area (Å²) in [4.78, 5) is 25.1. The smallest absolute Gasteiger partial charge is 0.303 e. The van der Waals surface area contributed by atoms with Crippen molar-refractivity contribution in [2.45, 2.75) is 30.6 Å². The van der Waals surface area contributed by atoms with E-state index in [1.807, 2.05) is 0 Å². The molecule has 0 spiro atoms. The predicted molar refractivity (Wildman–Crippen MR) is 83.3 cm³/mol. The quantitative estimate of drug-likeness (QED) is 0.806. The van der Waals surface area contributed by atoms with Gasteiger partial charge in [-0.15, -0.1) is 11.8 Å². The number of benzene rings is 1. The van der Waals surface area contributed by atoms with Crippen molar-refractivity contribution in [3.8, 4) is 0 Å². The van der Waals surface area contributed by atoms with Gasteiger partial charge in [0.1, 0.15) is 0 Å². The fourth-order valence-electron chi connectivity index (χ4n) is 2.66. The fourth-order valence-corrected chi connectivity index (χ4v) is 3.48. The Labute approximate surface area is 137 Å². The Morgan fingerprint density at radius 1 is 1.30 bits per heavy atom. The lowest BCUT2D eigenvalue weighted by atomic mass is 9.93. The zero-order chi connectivity index (χ0) is 16.8. The third-order valence-corrected chi connectivity index (χ3v) is 4.87. The Hall–Kier alpha value is -1.63. The van der Waals surface area contributed by atoms with Crippen LogP contribution < -0.4 is 0 Å². The van der Waals surface area contributed by atoms with Crippen LogP contribution in [0.5, 0.6) is 0 Å². The number of carbonyl (C=O) groups excluding carboxylic acids is 1. The molecule has 23 heavy (non-hydrogen) atoms. The third kappa shape index (κ3) is 5.49. The molecule has 2 rings (SSSR count). The van der Waals surface area contributed by atoms with Gasteiger partial charge in [0.2, 0.25) is 5.91 Å². The highest BCUT2D eigenvalue weighted by Gasteiger charge is 2.24. The van der Waals surface area contributed by atoms with Gasteiger partial charge in [0.05, 0.1) is 5.75 Å². The van der Waals surface area contributed by atoms with Crippen LogP contribution in [0.15, 0.2) is 23.1 Å². The molecule has 0 bridgehead atoms. The highest BCUT2D eigenvalue weighted by molar-refractivity contribution is 8.00. The average Bonchev–Trinajstić information content (AvgIpc) is 2.54. The number of likely N-dealkylation sites (tertiary alicyclic amines) is 1. The van der Waals surface area contributed by atoms with E-state index in [1.165, 1.54) is 17.8 Å². The van der Waals surface area contributed by atoms with Gasteiger partial charge < -0.3 is 10.0 Å². The number of carboxylic acids is 1. The maximum Gasteiger partial charge on any atom is 0.303 e. The zero-order valence-electron chi connectivity index (χ0n) is 12.6. The van der Waals surface area contributed by atoms with Gasteiger partial charge in [-0.2, -0.15) is 0 Å². The number of thioether (sulfide) groups is 1. The molecule has 0 aliphatic carbocycles. The highest BCUT2D eigenvalue weighted by atomic mass is 32.2. The maximum atomic E-state index is 13.1. The van der Waals surface area contributed by atoms with Gasteiger partial charge in [-0.3, -0.25) is 9.59 Å². The molecule has 1 aromatic rings. The second-order valence-corrected chi connectivity index (χ2v) is 6.69. The molecule has 0 saturated carbocycles. The number of aliphatic carboxylic acids is 1. The van der Waals surface area contributed by atoms with Crippen LogP contribution in [0.3, 0.4) is 0 Å². The molecular formula is C16H19F2NO3S. The van der Waals surface area contributed by atoms with Crippen LogP contribution in [0.2, 0.25) is 0 Å². The lowest BCUT2D eigenvalue weighted by Gasteiger charge is -2.32. The molecule has 1 aromatic carbocycles. The lowest BCUT2D eigenvalue weighted by molar-refractivity contribution is -0.137. The third-order valence-electron chi connectivity index (χ3n) is 3.89. The van der Waals surface area contributed by atoms with Crippen molar-refractivity contribution in [1.29, 1.82) is 0 Å². The van der Waals surface area contributed by atoms with Crippen LogP contribution in [-0.2, 0) is 9.59 Å². The Kier molecular flexibility index (Phi) is 6.38. The summed E-state index contributed by atoms with van der Waals surface area (Å²) in [7, 11) is 0. The molecule has 126 valence electrons. The van der Waals surface area contributed by atoms with Crippen LogP contribution in [0.4, 0.5) is 8.78 Å². The van der Waals surface area contributed by atoms with Gasteiger partial charge in [0.15, 0.2) is 11.6 Å². The SMILES string of the molecule is O=C(O)CCC1CCCN(C(=O)CSc2ccc(F)c(F)c2)C1. The molecule has 1 N–H and O–H groups in total. The minimum Gasteiger partial charge on any atom is -0.481 e. The van der Waals surface area contributed by atoms with Gasteiger partial charge in [0.25, 0.3) is 0 Å². The number of nitrogens with zero attached hydrogens (tertiary/aromatic N) is 1. The molecule has 1 fully saturated rings. The largest absolute Gasteiger partial charge is 0.481 e. The van der Waals surface area contributed by atoms with E-state index in [0.29, 0.717) is 24.4 Å². The monoisotopic (exact) mass is 343 g/mol. The summed E-state index contributed by atoms with van der Waals surface area (Å²) in [5.74, 6) is -2.32. The van der Waals surface area contributed by atoms with E-state index in [1.54, 1.807) is 4.90 Å². The topological polar surface area (TPSA) is 57.6 Å². The van der Waals surface area contributed by atoms with Crippen molar-refractivity contribution >= 4 is 23.6 Å². The number of amides is 1. The number of rotatable bonds is 6. The molecule has 1 atom stereocenters. The first-order valence-corrected chi connectivity index (χ1v) is 8.51. The average molecular weight is 343 g/mol. The standard InChI is InChI=1S/C16H19F2NO3S/c17-13-5-4-12(8-14(13)18)23-10-15(20)19-7-1-2-11(9-19)3-6-16(21)22/h4-5,8,11H,1-3,6-7,9-10H2,(H,21,22). The Bertz CT molecular complexity index is 582. The summed E-state index contributed by atoms with van der Waals surface area (Å²) >= 11 is 1.17. The van der Waals surface area contributed by atoms with E-state index in [9.17, 15) is 18.4 Å². The summed E-state index contributed by atoms with van der Waals surface area (Å²) in [5, 5.41) is 8.73. The number of carboxylic acid groups (broad SMARTS) is 1. The van der Waals surface area contributed by atoms with Crippen LogP contribution in [0.25, 0.3) is 0 Å². The molecule has 1 aliphatic rings. The summed E-state index contributed by atoms with van der Waals surface area (Å²) < 4.78 is 26.0. The summed E-state index contributed by atoms with van der Waals surface area (Å²) in [6.07, 6.45) is 2.50. The van der Waals surface area contributed by atoms with Gasteiger partial charge in [-0.05, 0) is 43.4 Å². The van der Waals surface area contributed by atoms with Gasteiger partial charge >= 0.3 is 5.97 Å². The van der Waals surface area contributed by atoms with Crippen molar-refractivity contribution < 1.29 is 23.5 Å². The molecule has 1 saturated heterocycles. The summed E-state index contributed by atoms with van der Waals surface area (Å²) in [5.41, 5.74) is 0. The second-order valence-electron chi connectivity index (χ2n) is 5.65. The minimum atomic E-state index is -0.922. The Morgan fingerprint density at radius 2 is 2.09 bits per heavy atom. The zero-order valence-corrected chi connectivity index (χ0v) is 13.5. The molecule has 0 radical (unpaired) electrons. The number of carbonyl (C=O) groups is 2. The first-order valence-electron chi connectivity index (χ1n) is 7.53. The van der Waals surface area contributed by atoms with Crippen molar-refractivity contribution in [3.63, 3.8) is 0 Å². The van der Waals surface area contributed by atoms with Crippen LogP contribution in [0, 0.1) is 17.6 Å². The normalized spacial score (nSPS) is 18.0. The minimum absolute atomic E-state index is 0.0558. The van der Waals surface area contributed by atoms with Crippen molar-refractivity contribution in [1.82, 2.24) is 4.90 Å². The number of hydrogen-bond donors (Lipinski definition) is 1. The molecule has 1 amide bonds. The van der Waals surface area contributed by atoms with E-state index in [2.05, 4.69) is 0 Å². The van der Waals surface area contributed by atoms with Gasteiger partial charge in [-0.1, -0.05) is 0 Å². The number of piperidine rings is 1. The first-order chi connectivity index (χ1) is 11.0.